The van der Waals surface area contributed by atoms with Gasteiger partial charge in [-0.2, -0.15) is 0 Å². The maximum Gasteiger partial charge on any atom is 0.323 e. The molecule has 0 atom stereocenters. The molecule has 0 heterocycles. The summed E-state index contributed by atoms with van der Waals surface area (Å²) < 4.78 is 4.58. The van der Waals surface area contributed by atoms with Gasteiger partial charge < -0.3 is 14.9 Å². The van der Waals surface area contributed by atoms with E-state index in [-0.39, 0.29) is 5.88 Å². The van der Waals surface area contributed by atoms with E-state index in [1.165, 1.54) is 24.3 Å². The van der Waals surface area contributed by atoms with Gasteiger partial charge in [0.25, 0.3) is 5.79 Å². The average molecular weight is 205 g/mol. The van der Waals surface area contributed by atoms with Crippen LogP contribution >= 0.6 is 11.6 Å². The first kappa shape index (κ1) is 10.2. The summed E-state index contributed by atoms with van der Waals surface area (Å²) in [7, 11) is 0. The molecule has 1 rings (SSSR count). The number of esters is 1. The van der Waals surface area contributed by atoms with Crippen LogP contribution in [0.15, 0.2) is 24.3 Å². The fourth-order valence-corrected chi connectivity index (χ4v) is 0.925. The van der Waals surface area contributed by atoms with Crippen LogP contribution in [-0.2, 0) is 9.53 Å². The van der Waals surface area contributed by atoms with Crippen LogP contribution in [0.3, 0.4) is 0 Å². The van der Waals surface area contributed by atoms with Gasteiger partial charge in [-0.05, 0) is 24.3 Å². The zero-order valence-corrected chi connectivity index (χ0v) is 7.44. The van der Waals surface area contributed by atoms with E-state index in [0.717, 1.165) is 0 Å². The summed E-state index contributed by atoms with van der Waals surface area (Å²) in [6.45, 7) is 0. The third-order valence-corrected chi connectivity index (χ3v) is 1.67. The number of rotatable bonds is 2. The van der Waals surface area contributed by atoms with Crippen molar-refractivity contribution in [1.29, 1.82) is 0 Å². The Morgan fingerprint density at radius 3 is 2.54 bits per heavy atom. The summed E-state index contributed by atoms with van der Waals surface area (Å²) in [6, 6.07) is 0. The maximum absolute atomic E-state index is 10.7. The molecule has 72 valence electrons. The van der Waals surface area contributed by atoms with Gasteiger partial charge in [-0.1, -0.05) is 0 Å². The Morgan fingerprint density at radius 2 is 2.08 bits per heavy atom. The summed E-state index contributed by atoms with van der Waals surface area (Å²) in [5.41, 5.74) is 0. The van der Waals surface area contributed by atoms with Gasteiger partial charge in [0.2, 0.25) is 0 Å². The highest BCUT2D eigenvalue weighted by Gasteiger charge is 2.27. The lowest BCUT2D eigenvalue weighted by atomic mass is 10.1. The van der Waals surface area contributed by atoms with Crippen LogP contribution in [0.2, 0.25) is 0 Å². The van der Waals surface area contributed by atoms with Gasteiger partial charge in [0.1, 0.15) is 5.88 Å². The molecule has 5 heteroatoms. The number of hydrogen-bond acceptors (Lipinski definition) is 4. The number of halogens is 1. The molecule has 0 unspecified atom stereocenters. The van der Waals surface area contributed by atoms with Crippen molar-refractivity contribution in [3.63, 3.8) is 0 Å². The molecule has 0 saturated heterocycles. The largest absolute Gasteiger partial charge is 0.425 e. The predicted octanol–water partition coefficient (Wildman–Crippen LogP) is -0.0561. The molecule has 1 aliphatic carbocycles. The molecule has 0 bridgehead atoms. The van der Waals surface area contributed by atoms with Gasteiger partial charge in [-0.25, -0.2) is 0 Å². The number of carbonyl (C=O) groups is 1. The van der Waals surface area contributed by atoms with Crippen molar-refractivity contribution < 1.29 is 19.7 Å². The van der Waals surface area contributed by atoms with E-state index in [2.05, 4.69) is 4.74 Å². The monoisotopic (exact) mass is 204 g/mol. The van der Waals surface area contributed by atoms with Crippen LogP contribution in [0.4, 0.5) is 0 Å². The summed E-state index contributed by atoms with van der Waals surface area (Å²) in [5, 5.41) is 18.5. The highest BCUT2D eigenvalue weighted by Crippen LogP contribution is 2.17. The van der Waals surface area contributed by atoms with Gasteiger partial charge in [0.05, 0.1) is 6.10 Å². The molecule has 0 radical (unpaired) electrons. The van der Waals surface area contributed by atoms with Crippen LogP contribution < -0.4 is 0 Å². The molecular weight excluding hydrogens is 196 g/mol. The van der Waals surface area contributed by atoms with Gasteiger partial charge in [0.15, 0.2) is 0 Å². The van der Waals surface area contributed by atoms with Crippen molar-refractivity contribution >= 4 is 17.6 Å². The van der Waals surface area contributed by atoms with Crippen molar-refractivity contribution in [3.05, 3.63) is 24.3 Å². The zero-order valence-electron chi connectivity index (χ0n) is 6.68. The smallest absolute Gasteiger partial charge is 0.323 e. The lowest BCUT2D eigenvalue weighted by molar-refractivity contribution is -0.174. The van der Waals surface area contributed by atoms with E-state index >= 15 is 0 Å². The molecule has 2 N–H and O–H groups in total. The number of ether oxygens (including phenoxy) is 1. The number of alkyl halides is 1. The minimum Gasteiger partial charge on any atom is -0.425 e. The number of carbonyl (C=O) groups excluding carboxylic acids is 1. The van der Waals surface area contributed by atoms with Crippen LogP contribution in [-0.4, -0.2) is 34.0 Å². The van der Waals surface area contributed by atoms with Crippen LogP contribution in [0.5, 0.6) is 0 Å². The van der Waals surface area contributed by atoms with E-state index in [0.29, 0.717) is 0 Å². The molecule has 0 amide bonds. The van der Waals surface area contributed by atoms with Crippen molar-refractivity contribution in [1.82, 2.24) is 0 Å². The Morgan fingerprint density at radius 1 is 1.54 bits per heavy atom. The van der Waals surface area contributed by atoms with Crippen molar-refractivity contribution in [2.75, 3.05) is 5.88 Å². The number of aliphatic hydroxyl groups excluding tert-OH is 1. The number of aliphatic hydroxyl groups is 2. The predicted molar refractivity (Wildman–Crippen MR) is 46.0 cm³/mol. The third kappa shape index (κ3) is 2.84. The normalized spacial score (nSPS) is 31.8. The zero-order chi connectivity index (χ0) is 9.90. The van der Waals surface area contributed by atoms with E-state index < -0.39 is 17.9 Å². The quantitative estimate of drug-likeness (QED) is 0.286. The fourth-order valence-electron chi connectivity index (χ4n) is 0.870. The van der Waals surface area contributed by atoms with Crippen LogP contribution in [0, 0.1) is 0 Å². The standard InChI is InChI=1S/C8H9ClO4/c9-5-7(11)13-8(12)3-1-6(10)2-4-8/h1-4,6,10,12H,5H2. The van der Waals surface area contributed by atoms with E-state index in [9.17, 15) is 9.90 Å². The molecule has 0 aromatic rings. The Labute approximate surface area is 80.1 Å². The van der Waals surface area contributed by atoms with E-state index in [1.54, 1.807) is 0 Å². The molecule has 0 aromatic heterocycles. The molecule has 0 saturated carbocycles. The second kappa shape index (κ2) is 3.91. The molecule has 0 spiro atoms. The second-order valence-electron chi connectivity index (χ2n) is 2.57. The molecule has 0 aromatic carbocycles. The van der Waals surface area contributed by atoms with Gasteiger partial charge in [-0.3, -0.25) is 4.79 Å². The Hall–Kier alpha value is -0.840. The van der Waals surface area contributed by atoms with E-state index in [1.807, 2.05) is 0 Å². The molecule has 0 aliphatic heterocycles. The van der Waals surface area contributed by atoms with Crippen molar-refractivity contribution in [2.24, 2.45) is 0 Å². The summed E-state index contributed by atoms with van der Waals surface area (Å²) >= 11 is 5.18. The first-order chi connectivity index (χ1) is 6.06. The highest BCUT2D eigenvalue weighted by molar-refractivity contribution is 6.26. The van der Waals surface area contributed by atoms with Crippen LogP contribution in [0.1, 0.15) is 0 Å². The Bertz CT molecular complexity index is 245. The highest BCUT2D eigenvalue weighted by atomic mass is 35.5. The van der Waals surface area contributed by atoms with Crippen molar-refractivity contribution in [2.45, 2.75) is 11.9 Å². The number of hydrogen-bond donors (Lipinski definition) is 2. The van der Waals surface area contributed by atoms with Crippen LogP contribution in [0.25, 0.3) is 0 Å². The van der Waals surface area contributed by atoms with Gasteiger partial charge in [-0.15, -0.1) is 11.6 Å². The molecule has 4 nitrogen and oxygen atoms in total. The minimum atomic E-state index is -1.77. The first-order valence-corrected chi connectivity index (χ1v) is 4.16. The van der Waals surface area contributed by atoms with Crippen molar-refractivity contribution in [3.8, 4) is 0 Å². The lowest BCUT2D eigenvalue weighted by Crippen LogP contribution is -2.33. The summed E-state index contributed by atoms with van der Waals surface area (Å²) in [4.78, 5) is 10.7. The Balaban J connectivity index is 2.63. The average Bonchev–Trinajstić information content (AvgIpc) is 2.10. The second-order valence-corrected chi connectivity index (χ2v) is 2.84. The summed E-state index contributed by atoms with van der Waals surface area (Å²) in [5.74, 6) is -2.83. The minimum absolute atomic E-state index is 0.327. The van der Waals surface area contributed by atoms with Gasteiger partial charge in [0, 0.05) is 0 Å². The topological polar surface area (TPSA) is 66.8 Å². The van der Waals surface area contributed by atoms with E-state index in [4.69, 9.17) is 16.7 Å². The summed E-state index contributed by atoms with van der Waals surface area (Å²) in [6.07, 6.45) is 4.22. The molecular formula is C8H9ClO4. The lowest BCUT2D eigenvalue weighted by Gasteiger charge is -2.23. The third-order valence-electron chi connectivity index (χ3n) is 1.45. The maximum atomic E-state index is 10.7. The molecule has 1 aliphatic rings. The fraction of sp³-hybridized carbons (Fsp3) is 0.375. The molecule has 0 fully saturated rings. The first-order valence-electron chi connectivity index (χ1n) is 3.63. The molecule has 13 heavy (non-hydrogen) atoms. The Kier molecular flexibility index (Phi) is 3.08. The van der Waals surface area contributed by atoms with Gasteiger partial charge >= 0.3 is 5.97 Å². The SMILES string of the molecule is O=C(CCl)OC1(O)C=CC(O)C=C1.